The van der Waals surface area contributed by atoms with E-state index < -0.39 is 0 Å². The Morgan fingerprint density at radius 2 is 2.29 bits per heavy atom. The van der Waals surface area contributed by atoms with Crippen molar-refractivity contribution in [2.45, 2.75) is 38.1 Å². The van der Waals surface area contributed by atoms with Gasteiger partial charge in [-0.15, -0.1) is 0 Å². The van der Waals surface area contributed by atoms with Crippen molar-refractivity contribution in [3.05, 3.63) is 11.7 Å². The van der Waals surface area contributed by atoms with E-state index in [1.165, 1.54) is 12.8 Å². The van der Waals surface area contributed by atoms with Crippen LogP contribution in [-0.4, -0.2) is 29.9 Å². The van der Waals surface area contributed by atoms with Crippen LogP contribution in [0, 0.1) is 5.92 Å². The normalized spacial score (nSPS) is 29.6. The minimum absolute atomic E-state index is 0.293. The van der Waals surface area contributed by atoms with Gasteiger partial charge in [-0.1, -0.05) is 11.6 Å². The van der Waals surface area contributed by atoms with Crippen LogP contribution in [0.5, 0.6) is 0 Å². The summed E-state index contributed by atoms with van der Waals surface area (Å²) in [6.45, 7) is 2.76. The third-order valence-electron chi connectivity index (χ3n) is 3.59. The second-order valence-corrected chi connectivity index (χ2v) is 4.98. The van der Waals surface area contributed by atoms with Crippen molar-refractivity contribution in [2.75, 3.05) is 19.8 Å². The first-order valence-corrected chi connectivity index (χ1v) is 6.55. The van der Waals surface area contributed by atoms with Gasteiger partial charge < -0.3 is 14.6 Å². The van der Waals surface area contributed by atoms with E-state index in [1.54, 1.807) is 0 Å². The predicted molar refractivity (Wildman–Crippen MR) is 61.5 cm³/mol. The molecule has 1 aromatic rings. The molecule has 0 amide bonds. The Morgan fingerprint density at radius 3 is 3.06 bits per heavy atom. The molecule has 2 aliphatic heterocycles. The van der Waals surface area contributed by atoms with Crippen LogP contribution in [0.25, 0.3) is 0 Å². The van der Waals surface area contributed by atoms with Gasteiger partial charge in [0.05, 0.1) is 6.04 Å². The predicted octanol–water partition coefficient (Wildman–Crippen LogP) is 1.46. The lowest BCUT2D eigenvalue weighted by Gasteiger charge is -2.19. The molecule has 2 fully saturated rings. The second-order valence-electron chi connectivity index (χ2n) is 4.98. The minimum Gasteiger partial charge on any atom is -0.381 e. The van der Waals surface area contributed by atoms with Gasteiger partial charge in [0.15, 0.2) is 5.82 Å². The van der Waals surface area contributed by atoms with E-state index in [4.69, 9.17) is 9.26 Å². The molecule has 0 radical (unpaired) electrons. The molecule has 2 aliphatic rings. The van der Waals surface area contributed by atoms with Gasteiger partial charge in [-0.2, -0.15) is 4.98 Å². The highest BCUT2D eigenvalue weighted by Gasteiger charge is 2.23. The van der Waals surface area contributed by atoms with Gasteiger partial charge in [0, 0.05) is 19.6 Å². The van der Waals surface area contributed by atoms with E-state index in [1.807, 2.05) is 0 Å². The quantitative estimate of drug-likeness (QED) is 0.862. The molecule has 0 bridgehead atoms. The first-order valence-electron chi connectivity index (χ1n) is 6.55. The molecule has 1 aromatic heterocycles. The molecule has 2 atom stereocenters. The van der Waals surface area contributed by atoms with Gasteiger partial charge in [-0.25, -0.2) is 0 Å². The van der Waals surface area contributed by atoms with Crippen molar-refractivity contribution in [1.82, 2.24) is 15.5 Å². The minimum atomic E-state index is 0.293. The highest BCUT2D eigenvalue weighted by Crippen LogP contribution is 2.22. The molecule has 3 rings (SSSR count). The Kier molecular flexibility index (Phi) is 3.38. The molecule has 0 saturated carbocycles. The third-order valence-corrected chi connectivity index (χ3v) is 3.59. The van der Waals surface area contributed by atoms with Crippen molar-refractivity contribution in [3.63, 3.8) is 0 Å². The summed E-state index contributed by atoms with van der Waals surface area (Å²) in [5.74, 6) is 2.16. The summed E-state index contributed by atoms with van der Waals surface area (Å²) in [4.78, 5) is 4.50. The summed E-state index contributed by atoms with van der Waals surface area (Å²) in [5.41, 5.74) is 0. The molecule has 5 heteroatoms. The Morgan fingerprint density at radius 1 is 1.29 bits per heavy atom. The van der Waals surface area contributed by atoms with Gasteiger partial charge in [0.1, 0.15) is 0 Å². The lowest BCUT2D eigenvalue weighted by molar-refractivity contribution is 0.183. The second kappa shape index (κ2) is 5.14. The Labute approximate surface area is 101 Å². The molecule has 0 aromatic carbocycles. The maximum absolute atomic E-state index is 5.35. The fourth-order valence-corrected chi connectivity index (χ4v) is 2.56. The first kappa shape index (κ1) is 11.2. The summed E-state index contributed by atoms with van der Waals surface area (Å²) in [6, 6.07) is 0.293. The SMILES string of the molecule is C1CCC(c2noc(CC3CCOC3)n2)NC1. The van der Waals surface area contributed by atoms with Crippen molar-refractivity contribution >= 4 is 0 Å². The molecule has 5 nitrogen and oxygen atoms in total. The van der Waals surface area contributed by atoms with Gasteiger partial charge in [0.2, 0.25) is 5.89 Å². The zero-order valence-electron chi connectivity index (χ0n) is 10.0. The van der Waals surface area contributed by atoms with Gasteiger partial charge in [0.25, 0.3) is 0 Å². The van der Waals surface area contributed by atoms with E-state index in [-0.39, 0.29) is 0 Å². The summed E-state index contributed by atoms with van der Waals surface area (Å²) < 4.78 is 10.7. The summed E-state index contributed by atoms with van der Waals surface area (Å²) in [6.07, 6.45) is 5.59. The standard InChI is InChI=1S/C12H19N3O2/c1-2-5-13-10(3-1)12-14-11(17-15-12)7-9-4-6-16-8-9/h9-10,13H,1-8H2. The van der Waals surface area contributed by atoms with E-state index in [9.17, 15) is 0 Å². The summed E-state index contributed by atoms with van der Waals surface area (Å²) in [5, 5.41) is 7.53. The van der Waals surface area contributed by atoms with Gasteiger partial charge in [-0.05, 0) is 31.7 Å². The first-order chi connectivity index (χ1) is 8.42. The van der Waals surface area contributed by atoms with Crippen molar-refractivity contribution < 1.29 is 9.26 Å². The van der Waals surface area contributed by atoms with Crippen LogP contribution in [0.2, 0.25) is 0 Å². The smallest absolute Gasteiger partial charge is 0.227 e. The number of piperidine rings is 1. The van der Waals surface area contributed by atoms with Crippen LogP contribution in [0.4, 0.5) is 0 Å². The Hall–Kier alpha value is -0.940. The Bertz CT molecular complexity index is 354. The van der Waals surface area contributed by atoms with Gasteiger partial charge in [-0.3, -0.25) is 0 Å². The molecule has 3 heterocycles. The van der Waals surface area contributed by atoms with Crippen molar-refractivity contribution in [3.8, 4) is 0 Å². The maximum Gasteiger partial charge on any atom is 0.227 e. The zero-order valence-corrected chi connectivity index (χ0v) is 10.0. The lowest BCUT2D eigenvalue weighted by Crippen LogP contribution is -2.27. The number of hydrogen-bond acceptors (Lipinski definition) is 5. The van der Waals surface area contributed by atoms with Crippen molar-refractivity contribution in [1.29, 1.82) is 0 Å². The van der Waals surface area contributed by atoms with Gasteiger partial charge >= 0.3 is 0 Å². The number of nitrogens with zero attached hydrogens (tertiary/aromatic N) is 2. The molecule has 94 valence electrons. The highest BCUT2D eigenvalue weighted by molar-refractivity contribution is 4.96. The van der Waals surface area contributed by atoms with Crippen LogP contribution >= 0.6 is 0 Å². The summed E-state index contributed by atoms with van der Waals surface area (Å²) >= 11 is 0. The number of rotatable bonds is 3. The number of ether oxygens (including phenoxy) is 1. The van der Waals surface area contributed by atoms with E-state index in [0.29, 0.717) is 12.0 Å². The molecule has 2 unspecified atom stereocenters. The van der Waals surface area contributed by atoms with E-state index in [0.717, 1.165) is 50.7 Å². The molecular weight excluding hydrogens is 218 g/mol. The highest BCUT2D eigenvalue weighted by atomic mass is 16.5. The van der Waals surface area contributed by atoms with Crippen LogP contribution in [0.15, 0.2) is 4.52 Å². The topological polar surface area (TPSA) is 60.2 Å². The van der Waals surface area contributed by atoms with Crippen molar-refractivity contribution in [2.24, 2.45) is 5.92 Å². The maximum atomic E-state index is 5.35. The molecular formula is C12H19N3O2. The molecule has 2 saturated heterocycles. The molecule has 1 N–H and O–H groups in total. The monoisotopic (exact) mass is 237 g/mol. The lowest BCUT2D eigenvalue weighted by atomic mass is 10.0. The zero-order chi connectivity index (χ0) is 11.5. The fourth-order valence-electron chi connectivity index (χ4n) is 2.56. The van der Waals surface area contributed by atoms with E-state index in [2.05, 4.69) is 15.5 Å². The average Bonchev–Trinajstić information content (AvgIpc) is 3.02. The average molecular weight is 237 g/mol. The van der Waals surface area contributed by atoms with Crippen LogP contribution in [0.3, 0.4) is 0 Å². The largest absolute Gasteiger partial charge is 0.381 e. The van der Waals surface area contributed by atoms with Crippen LogP contribution in [-0.2, 0) is 11.2 Å². The molecule has 0 spiro atoms. The number of nitrogens with one attached hydrogen (secondary N) is 1. The number of aromatic nitrogens is 2. The van der Waals surface area contributed by atoms with Crippen LogP contribution in [0.1, 0.15) is 43.4 Å². The molecule has 17 heavy (non-hydrogen) atoms. The van der Waals surface area contributed by atoms with Crippen LogP contribution < -0.4 is 5.32 Å². The fraction of sp³-hybridized carbons (Fsp3) is 0.833. The van der Waals surface area contributed by atoms with E-state index >= 15 is 0 Å². The number of hydrogen-bond donors (Lipinski definition) is 1. The third kappa shape index (κ3) is 2.66. The molecule has 0 aliphatic carbocycles. The summed E-state index contributed by atoms with van der Waals surface area (Å²) in [7, 11) is 0. The Balaban J connectivity index is 1.60.